The zero-order valence-electron chi connectivity index (χ0n) is 11.7. The molecule has 0 radical (unpaired) electrons. The van der Waals surface area contributed by atoms with E-state index in [-0.39, 0.29) is 17.9 Å². The van der Waals surface area contributed by atoms with Crippen molar-refractivity contribution >= 4 is 34.8 Å². The fourth-order valence-corrected chi connectivity index (χ4v) is 3.64. The minimum atomic E-state index is -0.0868. The van der Waals surface area contributed by atoms with Gasteiger partial charge in [0.15, 0.2) is 0 Å². The highest BCUT2D eigenvalue weighted by Crippen LogP contribution is 2.42. The molecule has 1 saturated carbocycles. The van der Waals surface area contributed by atoms with E-state index in [1.165, 1.54) is 5.06 Å². The Labute approximate surface area is 133 Å². The largest absolute Gasteiger partial charge is 0.310 e. The summed E-state index contributed by atoms with van der Waals surface area (Å²) in [6.45, 7) is 0.684. The van der Waals surface area contributed by atoms with Gasteiger partial charge >= 0.3 is 0 Å². The van der Waals surface area contributed by atoms with Crippen LogP contribution in [-0.2, 0) is 16.2 Å². The van der Waals surface area contributed by atoms with Crippen LogP contribution in [0.3, 0.4) is 0 Å². The van der Waals surface area contributed by atoms with Crippen molar-refractivity contribution in [1.29, 1.82) is 0 Å². The summed E-state index contributed by atoms with van der Waals surface area (Å²) in [5, 5.41) is 2.66. The molecule has 21 heavy (non-hydrogen) atoms. The van der Waals surface area contributed by atoms with Gasteiger partial charge in [-0.25, -0.2) is 4.94 Å². The summed E-state index contributed by atoms with van der Waals surface area (Å²) in [6, 6.07) is 3.62. The third-order valence-corrected chi connectivity index (χ3v) is 4.68. The second-order valence-electron chi connectivity index (χ2n) is 5.55. The molecular weight excluding hydrogens is 313 g/mol. The number of benzene rings is 1. The first kappa shape index (κ1) is 15.1. The second kappa shape index (κ2) is 5.74. The van der Waals surface area contributed by atoms with Crippen LogP contribution in [-0.4, -0.2) is 30.6 Å². The lowest BCUT2D eigenvalue weighted by Gasteiger charge is -2.31. The van der Waals surface area contributed by atoms with Crippen LogP contribution in [0.5, 0.6) is 0 Å². The van der Waals surface area contributed by atoms with Gasteiger partial charge in [0.25, 0.3) is 0 Å². The van der Waals surface area contributed by atoms with Crippen LogP contribution in [0, 0.1) is 5.92 Å². The van der Waals surface area contributed by atoms with E-state index in [0.29, 0.717) is 16.6 Å². The summed E-state index contributed by atoms with van der Waals surface area (Å²) in [5.74, 6) is 5.13. The zero-order chi connectivity index (χ0) is 15.1. The first-order valence-electron chi connectivity index (χ1n) is 6.92. The Balaban J connectivity index is 1.84. The predicted molar refractivity (Wildman–Crippen MR) is 82.1 cm³/mol. The topological polar surface area (TPSA) is 58.8 Å². The number of nitrogens with two attached hydrogens (primary N) is 1. The van der Waals surface area contributed by atoms with E-state index in [1.807, 2.05) is 6.07 Å². The maximum atomic E-state index is 12.7. The number of anilines is 1. The monoisotopic (exact) mass is 329 g/mol. The van der Waals surface area contributed by atoms with E-state index in [4.69, 9.17) is 29.1 Å². The fourth-order valence-electron chi connectivity index (χ4n) is 3.00. The van der Waals surface area contributed by atoms with E-state index in [0.717, 1.165) is 30.5 Å². The summed E-state index contributed by atoms with van der Waals surface area (Å²) in [7, 11) is 1.73. The van der Waals surface area contributed by atoms with Crippen LogP contribution < -0.4 is 10.8 Å². The smallest absolute Gasteiger partial charge is 0.231 e. The third kappa shape index (κ3) is 2.76. The number of fused-ring (bicyclic) bond motifs is 1. The van der Waals surface area contributed by atoms with Gasteiger partial charge in [-0.15, -0.1) is 0 Å². The molecule has 0 aromatic heterocycles. The number of aryl methyl sites for hydroxylation is 1. The molecule has 2 aliphatic rings. The van der Waals surface area contributed by atoms with Crippen molar-refractivity contribution in [3.8, 4) is 0 Å². The lowest BCUT2D eigenvalue weighted by molar-refractivity contribution is -0.155. The number of hydrogen-bond donors (Lipinski definition) is 1. The van der Waals surface area contributed by atoms with Gasteiger partial charge in [-0.3, -0.25) is 4.79 Å². The molecule has 0 saturated heterocycles. The number of halogens is 2. The Hall–Kier alpha value is -0.850. The highest BCUT2D eigenvalue weighted by atomic mass is 35.5. The number of carbonyl (C=O) groups is 1. The molecule has 2 unspecified atom stereocenters. The molecule has 1 aliphatic heterocycles. The van der Waals surface area contributed by atoms with Crippen molar-refractivity contribution in [2.24, 2.45) is 11.8 Å². The summed E-state index contributed by atoms with van der Waals surface area (Å²) in [4.78, 5) is 19.2. The van der Waals surface area contributed by atoms with E-state index >= 15 is 0 Å². The first-order chi connectivity index (χ1) is 10.0. The van der Waals surface area contributed by atoms with E-state index in [9.17, 15) is 4.79 Å². The van der Waals surface area contributed by atoms with Gasteiger partial charge in [-0.2, -0.15) is 11.0 Å². The van der Waals surface area contributed by atoms with Crippen molar-refractivity contribution in [2.75, 3.05) is 18.5 Å². The van der Waals surface area contributed by atoms with Gasteiger partial charge < -0.3 is 4.90 Å². The molecule has 2 N–H and O–H groups in total. The van der Waals surface area contributed by atoms with Crippen molar-refractivity contribution < 1.29 is 9.73 Å². The quantitative estimate of drug-likeness (QED) is 0.865. The van der Waals surface area contributed by atoms with Crippen molar-refractivity contribution in [3.63, 3.8) is 0 Å². The molecule has 1 aromatic rings. The van der Waals surface area contributed by atoms with Crippen LogP contribution in [0.2, 0.25) is 10.0 Å². The molecule has 0 bridgehead atoms. The van der Waals surface area contributed by atoms with E-state index in [2.05, 4.69) is 4.94 Å². The van der Waals surface area contributed by atoms with Gasteiger partial charge in [0, 0.05) is 24.7 Å². The zero-order valence-corrected chi connectivity index (χ0v) is 13.2. The molecule has 2 atom stereocenters. The predicted octanol–water partition coefficient (Wildman–Crippen LogP) is 2.40. The van der Waals surface area contributed by atoms with Crippen molar-refractivity contribution in [1.82, 2.24) is 5.06 Å². The highest BCUT2D eigenvalue weighted by Gasteiger charge is 2.49. The summed E-state index contributed by atoms with van der Waals surface area (Å²) in [5.41, 5.74) is 1.84. The number of nitrogens with zero attached hydrogens (tertiary/aromatic N) is 2. The Bertz CT molecular complexity index is 582. The molecule has 1 aromatic carbocycles. The molecule has 1 amide bonds. The number of hydrogen-bond acceptors (Lipinski definition) is 4. The summed E-state index contributed by atoms with van der Waals surface area (Å²) >= 11 is 12.3. The molecular formula is C14H17Cl2N3O2. The standard InChI is InChI=1S/C14H17Cl2N3O2/c1-18(21-17)12-7-10(12)14(20)19-4-2-3-8-5-9(15)6-11(16)13(8)19/h5-6,10,12H,2-4,7,17H2,1H3. The van der Waals surface area contributed by atoms with Crippen molar-refractivity contribution in [3.05, 3.63) is 27.7 Å². The van der Waals surface area contributed by atoms with Gasteiger partial charge in [-0.05, 0) is 37.0 Å². The Morgan fingerprint density at radius 1 is 1.48 bits per heavy atom. The minimum Gasteiger partial charge on any atom is -0.310 e. The number of amides is 1. The average Bonchev–Trinajstić information content (AvgIpc) is 3.25. The third-order valence-electron chi connectivity index (χ3n) is 4.18. The number of carbonyl (C=O) groups excluding carboxylic acids is 1. The average molecular weight is 330 g/mol. The van der Waals surface area contributed by atoms with Gasteiger partial charge in [0.05, 0.1) is 16.6 Å². The van der Waals surface area contributed by atoms with Gasteiger partial charge in [0.2, 0.25) is 5.91 Å². The molecule has 5 nitrogen and oxygen atoms in total. The van der Waals surface area contributed by atoms with Gasteiger partial charge in [0.1, 0.15) is 0 Å². The lowest BCUT2D eigenvalue weighted by Crippen LogP contribution is -2.39. The number of hydroxylamine groups is 2. The second-order valence-corrected chi connectivity index (χ2v) is 6.39. The number of rotatable bonds is 3. The Kier molecular flexibility index (Phi) is 4.12. The Morgan fingerprint density at radius 3 is 2.95 bits per heavy atom. The molecule has 1 aliphatic carbocycles. The van der Waals surface area contributed by atoms with Crippen LogP contribution in [0.1, 0.15) is 18.4 Å². The summed E-state index contributed by atoms with van der Waals surface area (Å²) in [6.07, 6.45) is 2.55. The lowest BCUT2D eigenvalue weighted by atomic mass is 10.0. The molecule has 3 rings (SSSR count). The molecule has 1 fully saturated rings. The summed E-state index contributed by atoms with van der Waals surface area (Å²) < 4.78 is 0. The SMILES string of the molecule is CN(ON)C1CC1C(=O)N1CCCc2cc(Cl)cc(Cl)c21. The van der Waals surface area contributed by atoms with Crippen LogP contribution in [0.4, 0.5) is 5.69 Å². The van der Waals surface area contributed by atoms with Crippen molar-refractivity contribution in [2.45, 2.75) is 25.3 Å². The maximum absolute atomic E-state index is 12.7. The van der Waals surface area contributed by atoms with E-state index < -0.39 is 0 Å². The first-order valence-corrected chi connectivity index (χ1v) is 7.67. The highest BCUT2D eigenvalue weighted by molar-refractivity contribution is 6.37. The normalized spacial score (nSPS) is 24.1. The molecule has 114 valence electrons. The molecule has 7 heteroatoms. The molecule has 0 spiro atoms. The van der Waals surface area contributed by atoms with E-state index in [1.54, 1.807) is 18.0 Å². The maximum Gasteiger partial charge on any atom is 0.231 e. The minimum absolute atomic E-state index is 0.0407. The molecule has 1 heterocycles. The fraction of sp³-hybridized carbons (Fsp3) is 0.500. The van der Waals surface area contributed by atoms with Crippen LogP contribution >= 0.6 is 23.2 Å². The van der Waals surface area contributed by atoms with Crippen LogP contribution in [0.25, 0.3) is 0 Å². The van der Waals surface area contributed by atoms with Crippen LogP contribution in [0.15, 0.2) is 12.1 Å². The Morgan fingerprint density at radius 2 is 2.24 bits per heavy atom. The van der Waals surface area contributed by atoms with Gasteiger partial charge in [-0.1, -0.05) is 23.2 Å².